The zero-order chi connectivity index (χ0) is 19.6. The summed E-state index contributed by atoms with van der Waals surface area (Å²) in [6, 6.07) is 3.59. The Morgan fingerprint density at radius 1 is 1.19 bits per heavy atom. The van der Waals surface area contributed by atoms with Gasteiger partial charge in [0.05, 0.1) is 18.8 Å². The van der Waals surface area contributed by atoms with Gasteiger partial charge in [-0.25, -0.2) is 0 Å². The molecule has 0 bridgehead atoms. The molecule has 0 saturated carbocycles. The fourth-order valence-electron chi connectivity index (χ4n) is 2.16. The second-order valence-electron chi connectivity index (χ2n) is 6.80. The van der Waals surface area contributed by atoms with Crippen LogP contribution in [0.3, 0.4) is 0 Å². The minimum Gasteiger partial charge on any atom is -0.493 e. The van der Waals surface area contributed by atoms with Crippen molar-refractivity contribution < 1.29 is 14.3 Å². The van der Waals surface area contributed by atoms with Gasteiger partial charge in [-0.2, -0.15) is 0 Å². The van der Waals surface area contributed by atoms with Gasteiger partial charge in [0, 0.05) is 23.0 Å². The molecule has 2 aromatic rings. The summed E-state index contributed by atoms with van der Waals surface area (Å²) in [6.07, 6.45) is 3.31. The monoisotopic (exact) mass is 439 g/mol. The van der Waals surface area contributed by atoms with Gasteiger partial charge in [0.1, 0.15) is 4.66 Å². The van der Waals surface area contributed by atoms with Crippen molar-refractivity contribution in [3.8, 4) is 11.5 Å². The maximum atomic E-state index is 12.6. The number of halogens is 1. The van der Waals surface area contributed by atoms with E-state index in [1.165, 1.54) is 22.0 Å². The van der Waals surface area contributed by atoms with Gasteiger partial charge in [0.25, 0.3) is 5.56 Å². The molecule has 0 saturated heterocycles. The average molecular weight is 440 g/mol. The molecular formula is C19H22BrNO4S. The van der Waals surface area contributed by atoms with Crippen LogP contribution in [-0.4, -0.2) is 24.6 Å². The van der Waals surface area contributed by atoms with Crippen LogP contribution in [0.25, 0.3) is 12.2 Å². The molecule has 0 aliphatic rings. The van der Waals surface area contributed by atoms with Crippen LogP contribution in [0.2, 0.25) is 0 Å². The molecule has 1 aromatic carbocycles. The van der Waals surface area contributed by atoms with Gasteiger partial charge in [0.15, 0.2) is 17.3 Å². The fraction of sp³-hybridized carbons (Fsp3) is 0.368. The third-order valence-corrected chi connectivity index (χ3v) is 5.64. The second kappa shape index (κ2) is 7.80. The highest BCUT2D eigenvalue weighted by molar-refractivity contribution is 9.10. The Balaban J connectivity index is 2.65. The highest BCUT2D eigenvalue weighted by atomic mass is 79.9. The Hall–Kier alpha value is -1.86. The SMILES string of the molecule is COc1cc(Br)c(C=c2sc(=CC(=O)C(C)(C)C)n(C)c2=O)cc1OC. The van der Waals surface area contributed by atoms with E-state index in [4.69, 9.17) is 9.47 Å². The molecular weight excluding hydrogens is 418 g/mol. The van der Waals surface area contributed by atoms with Crippen LogP contribution in [0.4, 0.5) is 0 Å². The molecule has 0 amide bonds. The highest BCUT2D eigenvalue weighted by Crippen LogP contribution is 2.33. The summed E-state index contributed by atoms with van der Waals surface area (Å²) in [5.74, 6) is 1.15. The summed E-state index contributed by atoms with van der Waals surface area (Å²) in [7, 11) is 4.80. The number of methoxy groups -OCH3 is 2. The molecule has 5 nitrogen and oxygen atoms in total. The van der Waals surface area contributed by atoms with E-state index in [1.807, 2.05) is 20.8 Å². The number of carbonyl (C=O) groups excluding carboxylic acids is 1. The van der Waals surface area contributed by atoms with E-state index in [0.717, 1.165) is 10.0 Å². The number of ketones is 1. The number of nitrogens with zero attached hydrogens (tertiary/aromatic N) is 1. The van der Waals surface area contributed by atoms with Crippen LogP contribution in [0.1, 0.15) is 26.3 Å². The molecule has 0 unspecified atom stereocenters. The number of carbonyl (C=O) groups is 1. The molecule has 0 spiro atoms. The Labute approximate surface area is 164 Å². The Bertz CT molecular complexity index is 1010. The lowest BCUT2D eigenvalue weighted by Gasteiger charge is -2.12. The topological polar surface area (TPSA) is 57.5 Å². The van der Waals surface area contributed by atoms with Gasteiger partial charge in [-0.15, -0.1) is 11.3 Å². The van der Waals surface area contributed by atoms with Crippen LogP contribution >= 0.6 is 27.3 Å². The van der Waals surface area contributed by atoms with Crippen molar-refractivity contribution >= 4 is 45.2 Å². The van der Waals surface area contributed by atoms with Crippen LogP contribution in [0.5, 0.6) is 11.5 Å². The van der Waals surface area contributed by atoms with Crippen molar-refractivity contribution in [2.24, 2.45) is 12.5 Å². The van der Waals surface area contributed by atoms with Crippen molar-refractivity contribution in [3.05, 3.63) is 41.7 Å². The zero-order valence-electron chi connectivity index (χ0n) is 15.7. The molecule has 0 N–H and O–H groups in total. The number of aromatic nitrogens is 1. The quantitative estimate of drug-likeness (QED) is 0.733. The molecule has 0 atom stereocenters. The van der Waals surface area contributed by atoms with Crippen molar-refractivity contribution in [2.75, 3.05) is 14.2 Å². The Morgan fingerprint density at radius 2 is 1.77 bits per heavy atom. The smallest absolute Gasteiger partial charge is 0.268 e. The molecule has 0 aliphatic carbocycles. The third kappa shape index (κ3) is 4.27. The first-order valence-electron chi connectivity index (χ1n) is 7.93. The maximum Gasteiger partial charge on any atom is 0.268 e. The van der Waals surface area contributed by atoms with Crippen molar-refractivity contribution in [3.63, 3.8) is 0 Å². The van der Waals surface area contributed by atoms with E-state index >= 15 is 0 Å². The van der Waals surface area contributed by atoms with Crippen molar-refractivity contribution in [2.45, 2.75) is 20.8 Å². The van der Waals surface area contributed by atoms with Crippen LogP contribution in [0.15, 0.2) is 21.4 Å². The number of rotatable bonds is 4. The molecule has 0 aliphatic heterocycles. The minimum atomic E-state index is -0.490. The maximum absolute atomic E-state index is 12.6. The van der Waals surface area contributed by atoms with E-state index in [9.17, 15) is 9.59 Å². The molecule has 7 heteroatoms. The normalized spacial score (nSPS) is 13.2. The first-order valence-corrected chi connectivity index (χ1v) is 9.54. The minimum absolute atomic E-state index is 0.0202. The summed E-state index contributed by atoms with van der Waals surface area (Å²) in [4.78, 5) is 24.8. The predicted molar refractivity (Wildman–Crippen MR) is 109 cm³/mol. The van der Waals surface area contributed by atoms with Crippen LogP contribution < -0.4 is 24.2 Å². The second-order valence-corrected chi connectivity index (χ2v) is 8.72. The van der Waals surface area contributed by atoms with Gasteiger partial charge in [-0.1, -0.05) is 36.7 Å². The summed E-state index contributed by atoms with van der Waals surface area (Å²) >= 11 is 4.78. The molecule has 1 aromatic heterocycles. The molecule has 140 valence electrons. The van der Waals surface area contributed by atoms with Gasteiger partial charge in [-0.05, 0) is 23.8 Å². The van der Waals surface area contributed by atoms with E-state index < -0.39 is 5.41 Å². The lowest BCUT2D eigenvalue weighted by molar-refractivity contribution is -0.120. The van der Waals surface area contributed by atoms with Crippen molar-refractivity contribution in [1.82, 2.24) is 4.57 Å². The molecule has 1 heterocycles. The summed E-state index contributed by atoms with van der Waals surface area (Å²) < 4.78 is 14.0. The number of Topliss-reactive ketones (excluding diaryl/α,β-unsaturated/α-hetero) is 1. The van der Waals surface area contributed by atoms with Gasteiger partial charge >= 0.3 is 0 Å². The fourth-order valence-corrected chi connectivity index (χ4v) is 3.62. The summed E-state index contributed by atoms with van der Waals surface area (Å²) in [5.41, 5.74) is 0.149. The number of hydrogen-bond donors (Lipinski definition) is 0. The van der Waals surface area contributed by atoms with Gasteiger partial charge in [0.2, 0.25) is 0 Å². The molecule has 0 fully saturated rings. The standard InChI is InChI=1S/C19H22BrNO4S/c1-19(2,3)16(22)10-17-21(4)18(23)15(26-17)8-11-7-13(24-5)14(25-6)9-12(11)20/h7-10H,1-6H3. The predicted octanol–water partition coefficient (Wildman–Crippen LogP) is 2.45. The zero-order valence-corrected chi connectivity index (χ0v) is 18.1. The lowest BCUT2D eigenvalue weighted by atomic mass is 9.91. The van der Waals surface area contributed by atoms with Gasteiger partial charge < -0.3 is 14.0 Å². The first kappa shape index (κ1) is 20.5. The average Bonchev–Trinajstić information content (AvgIpc) is 2.83. The third-order valence-electron chi connectivity index (χ3n) is 3.84. The number of benzene rings is 1. The number of thiazole rings is 1. The number of ether oxygens (including phenoxy) is 2. The molecule has 2 rings (SSSR count). The van der Waals surface area contributed by atoms with E-state index in [-0.39, 0.29) is 11.3 Å². The van der Waals surface area contributed by atoms with Crippen LogP contribution in [0, 0.1) is 5.41 Å². The Kier molecular flexibility index (Phi) is 6.13. The van der Waals surface area contributed by atoms with E-state index in [0.29, 0.717) is 20.7 Å². The van der Waals surface area contributed by atoms with Crippen LogP contribution in [-0.2, 0) is 11.8 Å². The van der Waals surface area contributed by atoms with Crippen molar-refractivity contribution in [1.29, 1.82) is 0 Å². The Morgan fingerprint density at radius 3 is 2.31 bits per heavy atom. The first-order chi connectivity index (χ1) is 12.1. The number of hydrogen-bond acceptors (Lipinski definition) is 5. The molecule has 26 heavy (non-hydrogen) atoms. The van der Waals surface area contributed by atoms with Gasteiger partial charge in [-0.3, -0.25) is 9.59 Å². The van der Waals surface area contributed by atoms with E-state index in [2.05, 4.69) is 15.9 Å². The summed E-state index contributed by atoms with van der Waals surface area (Å²) in [5, 5.41) is 0. The van der Waals surface area contributed by atoms with E-state index in [1.54, 1.807) is 39.5 Å². The largest absolute Gasteiger partial charge is 0.493 e. The molecule has 0 radical (unpaired) electrons. The summed E-state index contributed by atoms with van der Waals surface area (Å²) in [6.45, 7) is 5.56. The highest BCUT2D eigenvalue weighted by Gasteiger charge is 2.19. The lowest BCUT2D eigenvalue weighted by Crippen LogP contribution is -2.30.